The van der Waals surface area contributed by atoms with E-state index in [0.29, 0.717) is 19.0 Å². The first kappa shape index (κ1) is 20.1. The summed E-state index contributed by atoms with van der Waals surface area (Å²) < 4.78 is 39.5. The van der Waals surface area contributed by atoms with E-state index in [-0.39, 0.29) is 22.8 Å². The summed E-state index contributed by atoms with van der Waals surface area (Å²) in [6, 6.07) is 11.3. The van der Waals surface area contributed by atoms with Crippen LogP contribution in [-0.2, 0) is 6.42 Å². The summed E-state index contributed by atoms with van der Waals surface area (Å²) >= 11 is 0. The van der Waals surface area contributed by atoms with Crippen LogP contribution in [0, 0.1) is 17.5 Å². The summed E-state index contributed by atoms with van der Waals surface area (Å²) in [6.45, 7) is 0.295. The van der Waals surface area contributed by atoms with Crippen LogP contribution in [0.15, 0.2) is 60.8 Å². The van der Waals surface area contributed by atoms with Crippen LogP contribution in [0.3, 0.4) is 0 Å². The Kier molecular flexibility index (Phi) is 6.23. The maximum Gasteiger partial charge on any atom is 0.269 e. The van der Waals surface area contributed by atoms with Crippen molar-refractivity contribution in [1.29, 1.82) is 0 Å². The van der Waals surface area contributed by atoms with Gasteiger partial charge in [0.1, 0.15) is 23.1 Å². The summed E-state index contributed by atoms with van der Waals surface area (Å²) in [5.41, 5.74) is 0.774. The molecule has 0 fully saturated rings. The van der Waals surface area contributed by atoms with E-state index in [1.54, 1.807) is 12.1 Å². The largest absolute Gasteiger partial charge is 0.350 e. The number of hydrogen-bond acceptors (Lipinski definition) is 3. The number of amides is 2. The van der Waals surface area contributed by atoms with Gasteiger partial charge in [-0.15, -0.1) is 0 Å². The molecule has 0 aliphatic heterocycles. The van der Waals surface area contributed by atoms with Gasteiger partial charge in [-0.05, 0) is 48.4 Å². The molecule has 0 radical (unpaired) electrons. The summed E-state index contributed by atoms with van der Waals surface area (Å²) in [5.74, 6) is -3.17. The third kappa shape index (κ3) is 5.41. The van der Waals surface area contributed by atoms with E-state index in [1.165, 1.54) is 30.5 Å². The lowest BCUT2D eigenvalue weighted by Gasteiger charge is -2.08. The molecule has 2 amide bonds. The Hall–Kier alpha value is -3.68. The predicted octanol–water partition coefficient (Wildman–Crippen LogP) is 3.72. The van der Waals surface area contributed by atoms with Crippen molar-refractivity contribution in [3.05, 3.63) is 95.1 Å². The van der Waals surface area contributed by atoms with Gasteiger partial charge in [0.05, 0.1) is 5.69 Å². The van der Waals surface area contributed by atoms with Gasteiger partial charge in [0.15, 0.2) is 0 Å². The van der Waals surface area contributed by atoms with Crippen LogP contribution in [0.5, 0.6) is 0 Å². The Labute approximate surface area is 164 Å². The highest BCUT2D eigenvalue weighted by atomic mass is 19.1. The van der Waals surface area contributed by atoms with Crippen molar-refractivity contribution in [2.75, 3.05) is 11.9 Å². The molecular formula is C21H16F3N3O2. The highest BCUT2D eigenvalue weighted by Crippen LogP contribution is 2.16. The Morgan fingerprint density at radius 1 is 0.862 bits per heavy atom. The number of nitrogens with one attached hydrogen (secondary N) is 2. The molecule has 0 aliphatic carbocycles. The fourth-order valence-corrected chi connectivity index (χ4v) is 2.54. The molecule has 0 bridgehead atoms. The van der Waals surface area contributed by atoms with Gasteiger partial charge >= 0.3 is 0 Å². The van der Waals surface area contributed by atoms with Gasteiger partial charge in [0.2, 0.25) is 0 Å². The van der Waals surface area contributed by atoms with E-state index in [9.17, 15) is 22.8 Å². The second-order valence-corrected chi connectivity index (χ2v) is 6.14. The van der Waals surface area contributed by atoms with E-state index in [0.717, 1.165) is 17.7 Å². The van der Waals surface area contributed by atoms with Crippen molar-refractivity contribution in [3.63, 3.8) is 0 Å². The lowest BCUT2D eigenvalue weighted by atomic mass is 10.1. The number of benzene rings is 2. The third-order valence-corrected chi connectivity index (χ3v) is 4.05. The van der Waals surface area contributed by atoms with Gasteiger partial charge in [0.25, 0.3) is 11.8 Å². The van der Waals surface area contributed by atoms with E-state index in [1.807, 2.05) is 0 Å². The van der Waals surface area contributed by atoms with Gasteiger partial charge in [-0.3, -0.25) is 14.6 Å². The lowest BCUT2D eigenvalue weighted by Crippen LogP contribution is -2.27. The molecule has 0 spiro atoms. The summed E-state index contributed by atoms with van der Waals surface area (Å²) in [6.07, 6.45) is 1.78. The van der Waals surface area contributed by atoms with Crippen LogP contribution in [0.1, 0.15) is 26.4 Å². The first-order valence-electron chi connectivity index (χ1n) is 8.67. The van der Waals surface area contributed by atoms with E-state index >= 15 is 0 Å². The molecule has 2 N–H and O–H groups in total. The minimum Gasteiger partial charge on any atom is -0.350 e. The quantitative estimate of drug-likeness (QED) is 0.664. The van der Waals surface area contributed by atoms with Crippen molar-refractivity contribution in [1.82, 2.24) is 10.3 Å². The van der Waals surface area contributed by atoms with Crippen LogP contribution < -0.4 is 10.6 Å². The zero-order chi connectivity index (χ0) is 20.8. The average molecular weight is 399 g/mol. The summed E-state index contributed by atoms with van der Waals surface area (Å²) in [4.78, 5) is 28.5. The highest BCUT2D eigenvalue weighted by Gasteiger charge is 2.14. The summed E-state index contributed by atoms with van der Waals surface area (Å²) in [5, 5.41) is 4.98. The predicted molar refractivity (Wildman–Crippen MR) is 101 cm³/mol. The number of nitrogens with zero attached hydrogens (tertiary/aromatic N) is 1. The molecule has 0 atom stereocenters. The molecule has 1 heterocycles. The monoisotopic (exact) mass is 399 g/mol. The lowest BCUT2D eigenvalue weighted by molar-refractivity contribution is 0.0949. The van der Waals surface area contributed by atoms with Crippen molar-refractivity contribution < 1.29 is 22.8 Å². The molecular weight excluding hydrogens is 383 g/mol. The second kappa shape index (κ2) is 9.01. The molecule has 0 unspecified atom stereocenters. The minimum atomic E-state index is -0.911. The number of carbonyl (C=O) groups excluding carboxylic acids is 2. The maximum atomic E-state index is 13.7. The number of aromatic nitrogens is 1. The molecule has 0 saturated carbocycles. The Morgan fingerprint density at radius 3 is 2.31 bits per heavy atom. The molecule has 0 aliphatic rings. The minimum absolute atomic E-state index is 0.0105. The van der Waals surface area contributed by atoms with E-state index in [2.05, 4.69) is 15.6 Å². The first-order chi connectivity index (χ1) is 13.9. The van der Waals surface area contributed by atoms with Crippen molar-refractivity contribution >= 4 is 17.5 Å². The second-order valence-electron chi connectivity index (χ2n) is 6.14. The van der Waals surface area contributed by atoms with Gasteiger partial charge in [-0.1, -0.05) is 12.1 Å². The van der Waals surface area contributed by atoms with Crippen LogP contribution in [0.25, 0.3) is 0 Å². The number of rotatable bonds is 6. The molecule has 5 nitrogen and oxygen atoms in total. The van der Waals surface area contributed by atoms with Crippen molar-refractivity contribution in [2.45, 2.75) is 6.42 Å². The van der Waals surface area contributed by atoms with E-state index < -0.39 is 23.4 Å². The SMILES string of the molecule is O=C(Nc1ccc(F)cc1F)c1ccnc(C(=O)NCCc2ccc(F)cc2)c1. The van der Waals surface area contributed by atoms with Gasteiger partial charge in [0, 0.05) is 24.4 Å². The average Bonchev–Trinajstić information content (AvgIpc) is 2.71. The zero-order valence-electron chi connectivity index (χ0n) is 15.1. The number of carbonyl (C=O) groups is 2. The molecule has 0 saturated heterocycles. The number of halogens is 3. The van der Waals surface area contributed by atoms with Gasteiger partial charge in [-0.25, -0.2) is 13.2 Å². The Balaban J connectivity index is 1.61. The standard InChI is InChI=1S/C21H16F3N3O2/c22-15-3-1-13(2-4-15)7-9-26-21(29)19-11-14(8-10-25-19)20(28)27-18-6-5-16(23)12-17(18)24/h1-6,8,10-12H,7,9H2,(H,26,29)(H,27,28). The van der Waals surface area contributed by atoms with Crippen LogP contribution in [0.4, 0.5) is 18.9 Å². The maximum absolute atomic E-state index is 13.7. The molecule has 29 heavy (non-hydrogen) atoms. The fourth-order valence-electron chi connectivity index (χ4n) is 2.54. The first-order valence-corrected chi connectivity index (χ1v) is 8.67. The zero-order valence-corrected chi connectivity index (χ0v) is 15.1. The molecule has 1 aromatic heterocycles. The van der Waals surface area contributed by atoms with E-state index in [4.69, 9.17) is 0 Å². The number of anilines is 1. The van der Waals surface area contributed by atoms with Crippen LogP contribution >= 0.6 is 0 Å². The number of hydrogen-bond donors (Lipinski definition) is 2. The van der Waals surface area contributed by atoms with Crippen molar-refractivity contribution in [3.8, 4) is 0 Å². The highest BCUT2D eigenvalue weighted by molar-refractivity contribution is 6.05. The molecule has 2 aromatic carbocycles. The molecule has 8 heteroatoms. The number of pyridine rings is 1. The molecule has 3 aromatic rings. The summed E-state index contributed by atoms with van der Waals surface area (Å²) in [7, 11) is 0. The molecule has 148 valence electrons. The Bertz CT molecular complexity index is 1040. The van der Waals surface area contributed by atoms with Crippen LogP contribution in [0.2, 0.25) is 0 Å². The fraction of sp³-hybridized carbons (Fsp3) is 0.0952. The molecule has 3 rings (SSSR count). The Morgan fingerprint density at radius 2 is 1.59 bits per heavy atom. The van der Waals surface area contributed by atoms with Gasteiger partial charge in [-0.2, -0.15) is 0 Å². The van der Waals surface area contributed by atoms with Gasteiger partial charge < -0.3 is 10.6 Å². The topological polar surface area (TPSA) is 71.1 Å². The normalized spacial score (nSPS) is 10.4. The third-order valence-electron chi connectivity index (χ3n) is 4.05. The van der Waals surface area contributed by atoms with Crippen LogP contribution in [-0.4, -0.2) is 23.3 Å². The smallest absolute Gasteiger partial charge is 0.269 e. The van der Waals surface area contributed by atoms with Crippen molar-refractivity contribution in [2.24, 2.45) is 0 Å².